The maximum atomic E-state index is 10.0. The fourth-order valence-electron chi connectivity index (χ4n) is 2.62. The van der Waals surface area contributed by atoms with Gasteiger partial charge in [-0.15, -0.1) is 0 Å². The zero-order valence-electron chi connectivity index (χ0n) is 20.4. The summed E-state index contributed by atoms with van der Waals surface area (Å²) in [5, 5.41) is 35.1. The maximum Gasteiger partial charge on any atom is 0.178 e. The Hall–Kier alpha value is -2.41. The number of hydrogen-bond acceptors (Lipinski definition) is 7. The SMILES string of the molecule is Nc1ccc(C(O)O)cc1.O.O=Cc1ccccc1.OC(O)c1ccc(N=Cc2ccccc2)cc1.[Zr].[Zr]. The van der Waals surface area contributed by atoms with E-state index in [0.29, 0.717) is 16.8 Å². The quantitative estimate of drug-likeness (QED) is 0.0944. The first-order chi connectivity index (χ1) is 16.9. The summed E-state index contributed by atoms with van der Waals surface area (Å²) >= 11 is 0. The van der Waals surface area contributed by atoms with Gasteiger partial charge in [0, 0.05) is 81.0 Å². The number of nitrogens with zero attached hydrogens (tertiary/aromatic N) is 1. The van der Waals surface area contributed by atoms with Crippen molar-refractivity contribution in [2.45, 2.75) is 12.6 Å². The average Bonchev–Trinajstić information content (AvgIpc) is 2.90. The first kappa shape index (κ1) is 37.7. The van der Waals surface area contributed by atoms with Crippen molar-refractivity contribution in [2.24, 2.45) is 4.99 Å². The molecule has 0 fully saturated rings. The summed E-state index contributed by atoms with van der Waals surface area (Å²) in [6.45, 7) is 0. The van der Waals surface area contributed by atoms with Gasteiger partial charge in [0.2, 0.25) is 0 Å². The van der Waals surface area contributed by atoms with Crippen LogP contribution in [0.3, 0.4) is 0 Å². The Morgan fingerprint density at radius 2 is 1.00 bits per heavy atom. The van der Waals surface area contributed by atoms with Gasteiger partial charge in [-0.1, -0.05) is 84.9 Å². The van der Waals surface area contributed by atoms with E-state index in [1.54, 1.807) is 66.9 Å². The van der Waals surface area contributed by atoms with E-state index in [2.05, 4.69) is 4.99 Å². The summed E-state index contributed by atoms with van der Waals surface area (Å²) in [5.41, 5.74) is 9.43. The molecule has 196 valence electrons. The molecule has 4 aromatic rings. The fourth-order valence-corrected chi connectivity index (χ4v) is 2.62. The molecule has 0 aromatic heterocycles. The number of aldehydes is 1. The van der Waals surface area contributed by atoms with Crippen molar-refractivity contribution in [1.82, 2.24) is 0 Å². The summed E-state index contributed by atoms with van der Waals surface area (Å²) in [5.74, 6) is 0. The third-order valence-corrected chi connectivity index (χ3v) is 4.52. The van der Waals surface area contributed by atoms with Crippen LogP contribution >= 0.6 is 0 Å². The number of benzene rings is 4. The number of anilines is 1. The van der Waals surface area contributed by atoms with E-state index < -0.39 is 12.6 Å². The summed E-state index contributed by atoms with van der Waals surface area (Å²) in [6.07, 6.45) is -0.229. The van der Waals surface area contributed by atoms with E-state index in [4.69, 9.17) is 26.2 Å². The van der Waals surface area contributed by atoms with Crippen molar-refractivity contribution in [3.8, 4) is 0 Å². The number of carbonyl (C=O) groups is 1. The molecular formula is C28H30N2O6Zr2. The number of aliphatic hydroxyl groups excluding tert-OH is 2. The third kappa shape index (κ3) is 15.1. The first-order valence-corrected chi connectivity index (χ1v) is 10.7. The Labute approximate surface area is 260 Å². The van der Waals surface area contributed by atoms with Crippen LogP contribution in [0.2, 0.25) is 0 Å². The molecule has 8 nitrogen and oxygen atoms in total. The smallest absolute Gasteiger partial charge is 0.178 e. The molecule has 0 saturated carbocycles. The minimum absolute atomic E-state index is 0. The van der Waals surface area contributed by atoms with E-state index >= 15 is 0 Å². The van der Waals surface area contributed by atoms with Crippen LogP contribution < -0.4 is 5.73 Å². The monoisotopic (exact) mass is 670 g/mol. The van der Waals surface area contributed by atoms with Crippen LogP contribution in [-0.4, -0.2) is 38.4 Å². The Morgan fingerprint density at radius 3 is 1.37 bits per heavy atom. The van der Waals surface area contributed by atoms with E-state index in [1.807, 2.05) is 48.5 Å². The van der Waals surface area contributed by atoms with Crippen LogP contribution in [0.15, 0.2) is 114 Å². The van der Waals surface area contributed by atoms with Crippen molar-refractivity contribution >= 4 is 23.9 Å². The van der Waals surface area contributed by atoms with Gasteiger partial charge in [0.25, 0.3) is 0 Å². The van der Waals surface area contributed by atoms with Crippen LogP contribution in [0, 0.1) is 0 Å². The number of carbonyl (C=O) groups excluding carboxylic acids is 1. The van der Waals surface area contributed by atoms with Gasteiger partial charge in [0.05, 0.1) is 5.69 Å². The molecule has 4 rings (SSSR count). The van der Waals surface area contributed by atoms with Crippen molar-refractivity contribution in [3.05, 3.63) is 131 Å². The fraction of sp³-hybridized carbons (Fsp3) is 0.0714. The number of hydrogen-bond donors (Lipinski definition) is 5. The van der Waals surface area contributed by atoms with Crippen molar-refractivity contribution < 1.29 is 83.1 Å². The van der Waals surface area contributed by atoms with Crippen LogP contribution in [0.5, 0.6) is 0 Å². The second-order valence-electron chi connectivity index (χ2n) is 7.20. The summed E-state index contributed by atoms with van der Waals surface area (Å²) in [6, 6.07) is 32.0. The normalized spacial score (nSPS) is 9.53. The number of rotatable bonds is 5. The first-order valence-electron chi connectivity index (χ1n) is 10.7. The van der Waals surface area contributed by atoms with Gasteiger partial charge in [0.15, 0.2) is 12.6 Å². The van der Waals surface area contributed by atoms with E-state index in [9.17, 15) is 4.79 Å². The number of aliphatic hydroxyl groups is 4. The van der Waals surface area contributed by atoms with Crippen LogP contribution in [0.4, 0.5) is 11.4 Å². The molecule has 0 radical (unpaired) electrons. The second-order valence-corrected chi connectivity index (χ2v) is 7.20. The van der Waals surface area contributed by atoms with Crippen LogP contribution in [-0.2, 0) is 52.4 Å². The minimum atomic E-state index is -1.43. The zero-order chi connectivity index (χ0) is 25.5. The Kier molecular flexibility index (Phi) is 21.4. The van der Waals surface area contributed by atoms with Gasteiger partial charge in [-0.3, -0.25) is 9.79 Å². The van der Waals surface area contributed by atoms with Gasteiger partial charge in [-0.05, 0) is 29.8 Å². The molecule has 0 aliphatic heterocycles. The predicted octanol–water partition coefficient (Wildman–Crippen LogP) is 3.34. The summed E-state index contributed by atoms with van der Waals surface area (Å²) < 4.78 is 0. The van der Waals surface area contributed by atoms with Crippen LogP contribution in [0.1, 0.15) is 39.6 Å². The molecule has 0 bridgehead atoms. The predicted molar refractivity (Wildman–Crippen MR) is 141 cm³/mol. The van der Waals surface area contributed by atoms with Crippen molar-refractivity contribution in [1.29, 1.82) is 0 Å². The molecule has 0 saturated heterocycles. The molecule has 0 aliphatic carbocycles. The van der Waals surface area contributed by atoms with Crippen molar-refractivity contribution in [2.75, 3.05) is 5.73 Å². The Balaban J connectivity index is 0. The second kappa shape index (κ2) is 21.5. The van der Waals surface area contributed by atoms with Gasteiger partial charge >= 0.3 is 0 Å². The number of aliphatic imine (C=N–C) groups is 1. The van der Waals surface area contributed by atoms with Gasteiger partial charge < -0.3 is 31.6 Å². The maximum absolute atomic E-state index is 10.0. The van der Waals surface area contributed by atoms with E-state index in [-0.39, 0.29) is 57.9 Å². The molecule has 10 heteroatoms. The Morgan fingerprint density at radius 1 is 0.605 bits per heavy atom. The third-order valence-electron chi connectivity index (χ3n) is 4.52. The van der Waals surface area contributed by atoms with Gasteiger partial charge in [0.1, 0.15) is 6.29 Å². The largest absolute Gasteiger partial charge is 0.412 e. The summed E-state index contributed by atoms with van der Waals surface area (Å²) in [4.78, 5) is 14.3. The number of nitrogen functional groups attached to an aromatic ring is 1. The van der Waals surface area contributed by atoms with Gasteiger partial charge in [-0.2, -0.15) is 0 Å². The molecule has 4 aromatic carbocycles. The molecule has 0 amide bonds. The van der Waals surface area contributed by atoms with Gasteiger partial charge in [-0.25, -0.2) is 0 Å². The standard InChI is InChI=1S/C14H13NO2.C7H9NO2.C7H6O.H2O.2Zr/c16-14(17)12-6-8-13(9-7-12)15-10-11-4-2-1-3-5-11;8-6-3-1-5(2-4-6)7(9)10;8-6-7-4-2-1-3-5-7;;;/h1-10,14,16-17H;1-4,7,9-10H,8H2;1-6H;1H2;;. The van der Waals surface area contributed by atoms with E-state index in [0.717, 1.165) is 23.1 Å². The van der Waals surface area contributed by atoms with E-state index in [1.165, 1.54) is 0 Å². The Bertz CT molecular complexity index is 1160. The molecule has 0 atom stereocenters. The average molecular weight is 673 g/mol. The van der Waals surface area contributed by atoms with Crippen molar-refractivity contribution in [3.63, 3.8) is 0 Å². The van der Waals surface area contributed by atoms with Crippen LogP contribution in [0.25, 0.3) is 0 Å². The zero-order valence-corrected chi connectivity index (χ0v) is 25.3. The molecule has 38 heavy (non-hydrogen) atoms. The molecular weight excluding hydrogens is 643 g/mol. The molecule has 0 unspecified atom stereocenters. The molecule has 8 N–H and O–H groups in total. The molecule has 0 spiro atoms. The molecule has 0 aliphatic rings. The topological polar surface area (TPSA) is 168 Å². The number of nitrogens with two attached hydrogens (primary N) is 1. The molecule has 0 heterocycles. The minimum Gasteiger partial charge on any atom is -0.412 e. The summed E-state index contributed by atoms with van der Waals surface area (Å²) in [7, 11) is 0.